The Kier molecular flexibility index (Phi) is 10.8. The number of phosphoric acid groups is 1. The van der Waals surface area contributed by atoms with Crippen molar-refractivity contribution in [1.29, 1.82) is 0 Å². The fourth-order valence-corrected chi connectivity index (χ4v) is 6.74. The molecule has 4 aromatic rings. The van der Waals surface area contributed by atoms with Gasteiger partial charge in [-0.15, -0.1) is 0 Å². The molecule has 44 heavy (non-hydrogen) atoms. The molecule has 0 aliphatic carbocycles. The second-order valence-corrected chi connectivity index (χ2v) is 14.4. The molecule has 5 rings (SSSR count). The second kappa shape index (κ2) is 14.5. The standard InChI is InChI=1S/C32H40BrN4O6P/c1-23(2)20-41-44(39,42-21-24(3)4)43-22-37-19-30(29-16-28(17-34-32(29)37)35-10-12-40-13-11-35)26-8-9-36(31(38)15-26)18-25-6-5-7-27(33)14-25/h5-9,14-17,19,23-24H,10-13,18,20-22H2,1-4H3. The lowest BCUT2D eigenvalue weighted by molar-refractivity contribution is 0.0768. The molecule has 12 heteroatoms. The maximum absolute atomic E-state index is 13.6. The molecule has 0 N–H and O–H groups in total. The summed E-state index contributed by atoms with van der Waals surface area (Å²) in [5.74, 6) is 0.304. The zero-order chi connectivity index (χ0) is 31.3. The normalized spacial score (nSPS) is 14.3. The van der Waals surface area contributed by atoms with Crippen LogP contribution in [0.25, 0.3) is 22.2 Å². The van der Waals surface area contributed by atoms with Crippen molar-refractivity contribution in [3.05, 3.63) is 81.4 Å². The van der Waals surface area contributed by atoms with E-state index in [1.54, 1.807) is 15.2 Å². The minimum atomic E-state index is -3.84. The van der Waals surface area contributed by atoms with Crippen LogP contribution in [0.15, 0.2) is 70.3 Å². The Morgan fingerprint density at radius 3 is 2.36 bits per heavy atom. The maximum Gasteiger partial charge on any atom is 0.476 e. The number of benzene rings is 1. The largest absolute Gasteiger partial charge is 0.476 e. The fraction of sp³-hybridized carbons (Fsp3) is 0.438. The number of phosphoric ester groups is 1. The highest BCUT2D eigenvalue weighted by molar-refractivity contribution is 9.10. The number of hydrogen-bond donors (Lipinski definition) is 0. The van der Waals surface area contributed by atoms with E-state index in [1.807, 2.05) is 76.6 Å². The third-order valence-corrected chi connectivity index (χ3v) is 8.97. The van der Waals surface area contributed by atoms with Gasteiger partial charge in [0.25, 0.3) is 5.56 Å². The summed E-state index contributed by atoms with van der Waals surface area (Å²) in [6, 6.07) is 13.6. The quantitative estimate of drug-likeness (QED) is 0.140. The first-order valence-electron chi connectivity index (χ1n) is 14.9. The molecule has 0 saturated carbocycles. The number of morpholine rings is 1. The van der Waals surface area contributed by atoms with Gasteiger partial charge in [-0.1, -0.05) is 55.8 Å². The van der Waals surface area contributed by atoms with Crippen LogP contribution in [0.2, 0.25) is 0 Å². The molecule has 0 unspecified atom stereocenters. The maximum atomic E-state index is 13.6. The molecule has 0 amide bonds. The van der Waals surface area contributed by atoms with Crippen LogP contribution in [0.5, 0.6) is 0 Å². The number of nitrogens with zero attached hydrogens (tertiary/aromatic N) is 4. The van der Waals surface area contributed by atoms with Gasteiger partial charge in [0.05, 0.1) is 44.9 Å². The molecule has 1 aliphatic heterocycles. The van der Waals surface area contributed by atoms with Gasteiger partial charge in [0.15, 0.2) is 0 Å². The Morgan fingerprint density at radius 1 is 0.977 bits per heavy atom. The number of aromatic nitrogens is 3. The van der Waals surface area contributed by atoms with Gasteiger partial charge in [-0.2, -0.15) is 0 Å². The highest BCUT2D eigenvalue weighted by atomic mass is 79.9. The van der Waals surface area contributed by atoms with E-state index >= 15 is 0 Å². The highest BCUT2D eigenvalue weighted by Gasteiger charge is 2.29. The third-order valence-electron chi connectivity index (χ3n) is 7.11. The number of halogens is 1. The number of fused-ring (bicyclic) bond motifs is 1. The lowest BCUT2D eigenvalue weighted by Crippen LogP contribution is -2.36. The molecule has 1 fully saturated rings. The van der Waals surface area contributed by atoms with Crippen molar-refractivity contribution in [3.63, 3.8) is 0 Å². The van der Waals surface area contributed by atoms with Crippen molar-refractivity contribution in [2.45, 2.75) is 41.0 Å². The molecule has 1 aliphatic rings. The molecule has 1 aromatic carbocycles. The number of ether oxygens (including phenoxy) is 1. The molecule has 0 bridgehead atoms. The summed E-state index contributed by atoms with van der Waals surface area (Å²) in [5, 5.41) is 0.850. The van der Waals surface area contributed by atoms with E-state index in [2.05, 4.69) is 26.9 Å². The monoisotopic (exact) mass is 686 g/mol. The summed E-state index contributed by atoms with van der Waals surface area (Å²) in [6.45, 7) is 11.6. The molecule has 10 nitrogen and oxygen atoms in total. The number of anilines is 1. The van der Waals surface area contributed by atoms with E-state index < -0.39 is 7.82 Å². The van der Waals surface area contributed by atoms with Crippen LogP contribution in [-0.4, -0.2) is 53.6 Å². The Balaban J connectivity index is 1.49. The van der Waals surface area contributed by atoms with Crippen molar-refractivity contribution in [3.8, 4) is 11.1 Å². The van der Waals surface area contributed by atoms with Gasteiger partial charge in [-0.25, -0.2) is 9.55 Å². The zero-order valence-corrected chi connectivity index (χ0v) is 28.1. The van der Waals surface area contributed by atoms with Crippen molar-refractivity contribution < 1.29 is 22.9 Å². The number of rotatable bonds is 13. The van der Waals surface area contributed by atoms with Crippen LogP contribution in [0.1, 0.15) is 33.3 Å². The molecule has 0 radical (unpaired) electrons. The highest BCUT2D eigenvalue weighted by Crippen LogP contribution is 2.50. The van der Waals surface area contributed by atoms with E-state index in [0.717, 1.165) is 45.3 Å². The van der Waals surface area contributed by atoms with Gasteiger partial charge in [0.2, 0.25) is 0 Å². The first kappa shape index (κ1) is 32.6. The fourth-order valence-electron chi connectivity index (χ4n) is 4.85. The summed E-state index contributed by atoms with van der Waals surface area (Å²) < 4.78 is 40.7. The Hall–Kier alpha value is -2.79. The molecule has 3 aromatic heterocycles. The van der Waals surface area contributed by atoms with Gasteiger partial charge in [-0.05, 0) is 47.2 Å². The molecular formula is C32H40BrN4O6P. The summed E-state index contributed by atoms with van der Waals surface area (Å²) in [6.07, 6.45) is 5.52. The van der Waals surface area contributed by atoms with Gasteiger partial charge in [-0.3, -0.25) is 18.4 Å². The number of hydrogen-bond acceptors (Lipinski definition) is 8. The van der Waals surface area contributed by atoms with Crippen molar-refractivity contribution in [2.75, 3.05) is 44.4 Å². The van der Waals surface area contributed by atoms with Gasteiger partial charge in [0, 0.05) is 47.0 Å². The minimum absolute atomic E-state index is 0.103. The molecule has 1 saturated heterocycles. The first-order chi connectivity index (χ1) is 21.1. The van der Waals surface area contributed by atoms with E-state index in [9.17, 15) is 9.36 Å². The third kappa shape index (κ3) is 8.27. The molecule has 0 spiro atoms. The molecule has 236 valence electrons. The molecule has 0 atom stereocenters. The Labute approximate surface area is 266 Å². The van der Waals surface area contributed by atoms with Crippen molar-refractivity contribution in [2.24, 2.45) is 11.8 Å². The van der Waals surface area contributed by atoms with Crippen LogP contribution in [0.3, 0.4) is 0 Å². The number of pyridine rings is 2. The summed E-state index contributed by atoms with van der Waals surface area (Å²) in [7, 11) is -3.84. The van der Waals surface area contributed by atoms with Gasteiger partial charge in [0.1, 0.15) is 12.4 Å². The lowest BCUT2D eigenvalue weighted by Gasteiger charge is -2.28. The topological polar surface area (TPSA) is 97.0 Å². The average molecular weight is 688 g/mol. The summed E-state index contributed by atoms with van der Waals surface area (Å²) in [4.78, 5) is 20.3. The van der Waals surface area contributed by atoms with Crippen LogP contribution in [-0.2, 0) is 36.1 Å². The zero-order valence-electron chi connectivity index (χ0n) is 25.6. The Morgan fingerprint density at radius 2 is 1.70 bits per heavy atom. The van der Waals surface area contributed by atoms with Crippen molar-refractivity contribution >= 4 is 40.5 Å². The second-order valence-electron chi connectivity index (χ2n) is 11.8. The lowest BCUT2D eigenvalue weighted by atomic mass is 10.1. The summed E-state index contributed by atoms with van der Waals surface area (Å²) in [5.41, 5.74) is 4.07. The first-order valence-corrected chi connectivity index (χ1v) is 17.2. The molecular weight excluding hydrogens is 647 g/mol. The van der Waals surface area contributed by atoms with Crippen molar-refractivity contribution in [1.82, 2.24) is 14.1 Å². The van der Waals surface area contributed by atoms with Gasteiger partial charge >= 0.3 is 7.82 Å². The average Bonchev–Trinajstić information content (AvgIpc) is 3.37. The SMILES string of the molecule is CC(C)COP(=O)(OCC(C)C)OCn1cc(-c2ccn(Cc3cccc(Br)c3)c(=O)c2)c2cc(N3CCOCC3)cnc21. The van der Waals surface area contributed by atoms with E-state index in [1.165, 1.54) is 0 Å². The van der Waals surface area contributed by atoms with Crippen LogP contribution in [0, 0.1) is 11.8 Å². The van der Waals surface area contributed by atoms with Crippen LogP contribution >= 0.6 is 23.8 Å². The van der Waals surface area contributed by atoms with E-state index in [-0.39, 0.29) is 37.3 Å². The van der Waals surface area contributed by atoms with Gasteiger partial charge < -0.3 is 18.8 Å². The smallest absolute Gasteiger partial charge is 0.378 e. The molecule has 4 heterocycles. The predicted octanol–water partition coefficient (Wildman–Crippen LogP) is 6.94. The summed E-state index contributed by atoms with van der Waals surface area (Å²) >= 11 is 3.50. The van der Waals surface area contributed by atoms with E-state index in [0.29, 0.717) is 25.4 Å². The van der Waals surface area contributed by atoms with Crippen LogP contribution < -0.4 is 10.5 Å². The minimum Gasteiger partial charge on any atom is -0.378 e. The predicted molar refractivity (Wildman–Crippen MR) is 176 cm³/mol. The van der Waals surface area contributed by atoms with Crippen LogP contribution in [0.4, 0.5) is 5.69 Å². The van der Waals surface area contributed by atoms with E-state index in [4.69, 9.17) is 23.3 Å². The Bertz CT molecular complexity index is 1670.